The van der Waals surface area contributed by atoms with E-state index < -0.39 is 22.0 Å². The molecule has 1 N–H and O–H groups in total. The molecule has 0 spiro atoms. The van der Waals surface area contributed by atoms with Gasteiger partial charge in [-0.05, 0) is 6.07 Å². The van der Waals surface area contributed by atoms with Crippen LogP contribution < -0.4 is 10.1 Å². The van der Waals surface area contributed by atoms with E-state index in [0.29, 0.717) is 25.4 Å². The number of benzene rings is 1. The van der Waals surface area contributed by atoms with Gasteiger partial charge in [0.1, 0.15) is 17.2 Å². The normalized spacial score (nSPS) is 18.2. The molecule has 1 fully saturated rings. The zero-order valence-corrected chi connectivity index (χ0v) is 16.0. The first-order chi connectivity index (χ1) is 13.0. The molecule has 1 saturated heterocycles. The van der Waals surface area contributed by atoms with Crippen LogP contribution in [0.1, 0.15) is 11.6 Å². The Balaban J connectivity index is 1.93. The number of rotatable bonds is 6. The van der Waals surface area contributed by atoms with Gasteiger partial charge < -0.3 is 14.8 Å². The van der Waals surface area contributed by atoms with E-state index in [2.05, 4.69) is 15.2 Å². The molecule has 1 aromatic carbocycles. The third kappa shape index (κ3) is 3.97. The van der Waals surface area contributed by atoms with Crippen LogP contribution in [-0.2, 0) is 26.1 Å². The number of para-hydroxylation sites is 1. The molecule has 146 valence electrons. The van der Waals surface area contributed by atoms with E-state index in [-0.39, 0.29) is 11.4 Å². The molecule has 9 nitrogen and oxygen atoms in total. The topological polar surface area (TPSA) is 103 Å². The number of hydrogen-bond acceptors (Lipinski definition) is 7. The first-order valence-corrected chi connectivity index (χ1v) is 9.86. The monoisotopic (exact) mass is 394 g/mol. The van der Waals surface area contributed by atoms with Gasteiger partial charge in [0, 0.05) is 31.4 Å². The number of sulfonamides is 1. The highest BCUT2D eigenvalue weighted by Crippen LogP contribution is 2.33. The highest BCUT2D eigenvalue weighted by Gasteiger charge is 2.36. The minimum atomic E-state index is -3.80. The lowest BCUT2D eigenvalue weighted by atomic mass is 10.0. The molecule has 1 aliphatic heterocycles. The van der Waals surface area contributed by atoms with Gasteiger partial charge in [-0.3, -0.25) is 9.48 Å². The standard InChI is InChI=1S/C17H22N4O5S/c1-25-16-6-4-3-5-14(16)15-10-18-7-8-21(15)27(23,24)13-9-19-20(11-13)12-17(22)26-2/h3-6,9,11,15,18H,7-8,10,12H2,1-2H3. The van der Waals surface area contributed by atoms with Gasteiger partial charge in [-0.2, -0.15) is 9.40 Å². The van der Waals surface area contributed by atoms with Crippen molar-refractivity contribution in [3.63, 3.8) is 0 Å². The Kier molecular flexibility index (Phi) is 5.78. The van der Waals surface area contributed by atoms with Crippen molar-refractivity contribution in [2.75, 3.05) is 33.9 Å². The van der Waals surface area contributed by atoms with Crippen LogP contribution in [0.5, 0.6) is 5.75 Å². The van der Waals surface area contributed by atoms with E-state index in [1.165, 1.54) is 28.5 Å². The number of nitrogens with one attached hydrogen (secondary N) is 1. The van der Waals surface area contributed by atoms with Crippen LogP contribution >= 0.6 is 0 Å². The molecule has 2 heterocycles. The molecule has 0 amide bonds. The van der Waals surface area contributed by atoms with Crippen molar-refractivity contribution in [1.82, 2.24) is 19.4 Å². The summed E-state index contributed by atoms with van der Waals surface area (Å²) < 4.78 is 39.1. The largest absolute Gasteiger partial charge is 0.496 e. The smallest absolute Gasteiger partial charge is 0.327 e. The average Bonchev–Trinajstić information content (AvgIpc) is 3.17. The van der Waals surface area contributed by atoms with Gasteiger partial charge >= 0.3 is 5.97 Å². The Bertz CT molecular complexity index is 912. The van der Waals surface area contributed by atoms with Crippen molar-refractivity contribution in [2.45, 2.75) is 17.5 Å². The van der Waals surface area contributed by atoms with E-state index in [9.17, 15) is 13.2 Å². The fourth-order valence-corrected chi connectivity index (χ4v) is 4.64. The predicted molar refractivity (Wildman–Crippen MR) is 96.7 cm³/mol. The Labute approximate surface area is 157 Å². The zero-order valence-electron chi connectivity index (χ0n) is 15.2. The highest BCUT2D eigenvalue weighted by atomic mass is 32.2. The minimum absolute atomic E-state index is 0.0354. The first-order valence-electron chi connectivity index (χ1n) is 8.42. The molecule has 3 rings (SSSR count). The number of hydrogen-bond donors (Lipinski definition) is 1. The molecular formula is C17H22N4O5S. The van der Waals surface area contributed by atoms with Gasteiger partial charge in [0.05, 0.1) is 26.5 Å². The summed E-state index contributed by atoms with van der Waals surface area (Å²) in [6, 6.07) is 6.95. The maximum Gasteiger partial charge on any atom is 0.327 e. The van der Waals surface area contributed by atoms with Crippen LogP contribution in [0.15, 0.2) is 41.6 Å². The van der Waals surface area contributed by atoms with E-state index in [1.807, 2.05) is 24.3 Å². The summed E-state index contributed by atoms with van der Waals surface area (Å²) in [4.78, 5) is 11.4. The molecule has 1 atom stereocenters. The molecule has 1 aliphatic rings. The zero-order chi connectivity index (χ0) is 19.4. The molecule has 1 unspecified atom stereocenters. The van der Waals surface area contributed by atoms with Crippen LogP contribution in [0, 0.1) is 0 Å². The van der Waals surface area contributed by atoms with E-state index in [1.54, 1.807) is 7.11 Å². The third-order valence-corrected chi connectivity index (χ3v) is 6.29. The van der Waals surface area contributed by atoms with Crippen molar-refractivity contribution >= 4 is 16.0 Å². The highest BCUT2D eigenvalue weighted by molar-refractivity contribution is 7.89. The summed E-state index contributed by atoms with van der Waals surface area (Å²) in [6.07, 6.45) is 2.59. The Morgan fingerprint density at radius 3 is 2.85 bits per heavy atom. The van der Waals surface area contributed by atoms with Crippen LogP contribution in [0.3, 0.4) is 0 Å². The van der Waals surface area contributed by atoms with Gasteiger partial charge in [-0.25, -0.2) is 8.42 Å². The summed E-state index contributed by atoms with van der Waals surface area (Å²) >= 11 is 0. The number of carbonyl (C=O) groups excluding carboxylic acids is 1. The van der Waals surface area contributed by atoms with Crippen LogP contribution in [-0.4, -0.2) is 62.3 Å². The fourth-order valence-electron chi connectivity index (χ4n) is 3.08. The van der Waals surface area contributed by atoms with Crippen LogP contribution in [0.2, 0.25) is 0 Å². The second kappa shape index (κ2) is 8.07. The molecular weight excluding hydrogens is 372 g/mol. The van der Waals surface area contributed by atoms with Gasteiger partial charge in [0.2, 0.25) is 10.0 Å². The maximum atomic E-state index is 13.2. The number of aromatic nitrogens is 2. The van der Waals surface area contributed by atoms with E-state index >= 15 is 0 Å². The Morgan fingerprint density at radius 1 is 1.33 bits per heavy atom. The predicted octanol–water partition coefficient (Wildman–Crippen LogP) is 0.400. The molecule has 10 heteroatoms. The lowest BCUT2D eigenvalue weighted by Gasteiger charge is -2.35. The van der Waals surface area contributed by atoms with Crippen LogP contribution in [0.4, 0.5) is 0 Å². The number of nitrogens with zero attached hydrogens (tertiary/aromatic N) is 3. The molecule has 0 radical (unpaired) electrons. The van der Waals surface area contributed by atoms with Crippen LogP contribution in [0.25, 0.3) is 0 Å². The van der Waals surface area contributed by atoms with Gasteiger partial charge in [0.15, 0.2) is 0 Å². The van der Waals surface area contributed by atoms with E-state index in [4.69, 9.17) is 4.74 Å². The number of carbonyl (C=O) groups is 1. The number of piperazine rings is 1. The number of methoxy groups -OCH3 is 2. The second-order valence-electron chi connectivity index (χ2n) is 6.03. The molecule has 2 aromatic rings. The van der Waals surface area contributed by atoms with Crippen molar-refractivity contribution in [3.8, 4) is 5.75 Å². The third-order valence-electron chi connectivity index (χ3n) is 4.43. The van der Waals surface area contributed by atoms with Gasteiger partial charge in [-0.1, -0.05) is 18.2 Å². The summed E-state index contributed by atoms with van der Waals surface area (Å²) in [5.41, 5.74) is 0.790. The summed E-state index contributed by atoms with van der Waals surface area (Å²) in [7, 11) is -0.977. The summed E-state index contributed by atoms with van der Waals surface area (Å²) in [6.45, 7) is 1.17. The number of esters is 1. The number of ether oxygens (including phenoxy) is 2. The lowest BCUT2D eigenvalue weighted by molar-refractivity contribution is -0.141. The van der Waals surface area contributed by atoms with Crippen molar-refractivity contribution in [3.05, 3.63) is 42.2 Å². The summed E-state index contributed by atoms with van der Waals surface area (Å²) in [5, 5.41) is 7.20. The second-order valence-corrected chi connectivity index (χ2v) is 7.92. The van der Waals surface area contributed by atoms with E-state index in [0.717, 1.165) is 5.56 Å². The SMILES string of the molecule is COC(=O)Cn1cc(S(=O)(=O)N2CCNCC2c2ccccc2OC)cn1. The van der Waals surface area contributed by atoms with Crippen molar-refractivity contribution < 1.29 is 22.7 Å². The quantitative estimate of drug-likeness (QED) is 0.708. The molecule has 1 aromatic heterocycles. The first kappa shape index (κ1) is 19.3. The fraction of sp³-hybridized carbons (Fsp3) is 0.412. The van der Waals surface area contributed by atoms with Crippen molar-refractivity contribution in [1.29, 1.82) is 0 Å². The van der Waals surface area contributed by atoms with Gasteiger partial charge in [-0.15, -0.1) is 0 Å². The maximum absolute atomic E-state index is 13.2. The van der Waals surface area contributed by atoms with Crippen molar-refractivity contribution in [2.24, 2.45) is 0 Å². The Hall–Kier alpha value is -2.43. The van der Waals surface area contributed by atoms with Gasteiger partial charge in [0.25, 0.3) is 0 Å². The average molecular weight is 394 g/mol. The molecule has 0 saturated carbocycles. The Morgan fingerprint density at radius 2 is 2.11 bits per heavy atom. The molecule has 27 heavy (non-hydrogen) atoms. The summed E-state index contributed by atoms with van der Waals surface area (Å²) in [5.74, 6) is 0.129. The molecule has 0 aliphatic carbocycles. The minimum Gasteiger partial charge on any atom is -0.496 e. The lowest BCUT2D eigenvalue weighted by Crippen LogP contribution is -2.48. The molecule has 0 bridgehead atoms.